The number of imidazole rings is 1. The first-order valence-electron chi connectivity index (χ1n) is 4.80. The van der Waals surface area contributed by atoms with E-state index in [1.807, 2.05) is 7.05 Å². The summed E-state index contributed by atoms with van der Waals surface area (Å²) in [5.41, 5.74) is 6.60. The minimum Gasteiger partial charge on any atom is -0.398 e. The molecule has 3 N–H and O–H groups in total. The fourth-order valence-corrected chi connectivity index (χ4v) is 1.36. The van der Waals surface area contributed by atoms with E-state index in [2.05, 4.69) is 10.3 Å². The number of nitrogen functional groups attached to an aromatic ring is 1. The second kappa shape index (κ2) is 4.06. The number of carbonyl (C=O) groups is 1. The second-order valence-corrected chi connectivity index (χ2v) is 3.47. The molecule has 5 heteroatoms. The highest BCUT2D eigenvalue weighted by molar-refractivity contribution is 6.07. The van der Waals surface area contributed by atoms with Gasteiger partial charge in [0.05, 0.1) is 11.9 Å². The SMILES string of the molecule is Cn1cnc(NC(=O)c2ccccc2N)c1. The summed E-state index contributed by atoms with van der Waals surface area (Å²) in [5, 5.41) is 2.67. The van der Waals surface area contributed by atoms with Crippen molar-refractivity contribution in [3.05, 3.63) is 42.4 Å². The number of aromatic nitrogens is 2. The molecule has 82 valence electrons. The largest absolute Gasteiger partial charge is 0.398 e. The molecular weight excluding hydrogens is 204 g/mol. The summed E-state index contributed by atoms with van der Waals surface area (Å²) >= 11 is 0. The summed E-state index contributed by atoms with van der Waals surface area (Å²) in [6.45, 7) is 0. The smallest absolute Gasteiger partial charge is 0.258 e. The maximum atomic E-state index is 11.8. The Labute approximate surface area is 92.9 Å². The molecule has 1 amide bonds. The lowest BCUT2D eigenvalue weighted by Gasteiger charge is -2.04. The van der Waals surface area contributed by atoms with Gasteiger partial charge in [-0.15, -0.1) is 0 Å². The zero-order valence-corrected chi connectivity index (χ0v) is 8.84. The highest BCUT2D eigenvalue weighted by atomic mass is 16.1. The molecule has 2 rings (SSSR count). The first kappa shape index (κ1) is 10.2. The fraction of sp³-hybridized carbons (Fsp3) is 0.0909. The molecular formula is C11H12N4O. The number of anilines is 2. The Balaban J connectivity index is 2.18. The van der Waals surface area contributed by atoms with Gasteiger partial charge in [0.1, 0.15) is 0 Å². The van der Waals surface area contributed by atoms with Crippen LogP contribution < -0.4 is 11.1 Å². The molecule has 0 radical (unpaired) electrons. The van der Waals surface area contributed by atoms with Gasteiger partial charge in [0.15, 0.2) is 5.82 Å². The van der Waals surface area contributed by atoms with E-state index in [0.717, 1.165) is 0 Å². The van der Waals surface area contributed by atoms with E-state index >= 15 is 0 Å². The van der Waals surface area contributed by atoms with Crippen LogP contribution in [-0.2, 0) is 7.05 Å². The maximum Gasteiger partial charge on any atom is 0.258 e. The van der Waals surface area contributed by atoms with Crippen molar-refractivity contribution in [2.24, 2.45) is 7.05 Å². The van der Waals surface area contributed by atoms with Gasteiger partial charge in [-0.1, -0.05) is 12.1 Å². The number of hydrogen-bond donors (Lipinski definition) is 2. The van der Waals surface area contributed by atoms with Crippen LogP contribution >= 0.6 is 0 Å². The number of aryl methyl sites for hydroxylation is 1. The predicted molar refractivity (Wildman–Crippen MR) is 62.0 cm³/mol. The summed E-state index contributed by atoms with van der Waals surface area (Å²) in [6.07, 6.45) is 3.33. The lowest BCUT2D eigenvalue weighted by atomic mass is 10.2. The Morgan fingerprint density at radius 3 is 2.81 bits per heavy atom. The van der Waals surface area contributed by atoms with E-state index in [4.69, 9.17) is 5.73 Å². The van der Waals surface area contributed by atoms with Gasteiger partial charge in [0, 0.05) is 18.9 Å². The summed E-state index contributed by atoms with van der Waals surface area (Å²) in [7, 11) is 1.83. The molecule has 0 saturated heterocycles. The number of nitrogens with two attached hydrogens (primary N) is 1. The molecule has 2 aromatic rings. The van der Waals surface area contributed by atoms with Gasteiger partial charge in [-0.2, -0.15) is 0 Å². The number of nitrogens with one attached hydrogen (secondary N) is 1. The van der Waals surface area contributed by atoms with E-state index in [1.165, 1.54) is 0 Å². The molecule has 0 bridgehead atoms. The lowest BCUT2D eigenvalue weighted by molar-refractivity contribution is 0.102. The molecule has 0 saturated carbocycles. The summed E-state index contributed by atoms with van der Waals surface area (Å²) < 4.78 is 1.75. The van der Waals surface area contributed by atoms with Gasteiger partial charge in [-0.25, -0.2) is 4.98 Å². The molecule has 16 heavy (non-hydrogen) atoms. The predicted octanol–water partition coefficient (Wildman–Crippen LogP) is 1.25. The zero-order chi connectivity index (χ0) is 11.5. The van der Waals surface area contributed by atoms with Crippen molar-refractivity contribution in [2.45, 2.75) is 0 Å². The van der Waals surface area contributed by atoms with Crippen LogP contribution in [0.3, 0.4) is 0 Å². The molecule has 0 aliphatic carbocycles. The lowest BCUT2D eigenvalue weighted by Crippen LogP contribution is -2.14. The topological polar surface area (TPSA) is 72.9 Å². The second-order valence-electron chi connectivity index (χ2n) is 3.47. The van der Waals surface area contributed by atoms with Crippen molar-refractivity contribution >= 4 is 17.4 Å². The number of para-hydroxylation sites is 1. The number of hydrogen-bond acceptors (Lipinski definition) is 3. The van der Waals surface area contributed by atoms with Crippen LogP contribution in [-0.4, -0.2) is 15.5 Å². The van der Waals surface area contributed by atoms with Crippen LogP contribution in [0.1, 0.15) is 10.4 Å². The van der Waals surface area contributed by atoms with E-state index in [1.54, 1.807) is 41.4 Å². The summed E-state index contributed by atoms with van der Waals surface area (Å²) in [5.74, 6) is 0.257. The van der Waals surface area contributed by atoms with Gasteiger partial charge in [0.2, 0.25) is 0 Å². The van der Waals surface area contributed by atoms with Crippen molar-refractivity contribution in [1.29, 1.82) is 0 Å². The minimum absolute atomic E-state index is 0.253. The normalized spacial score (nSPS) is 10.1. The van der Waals surface area contributed by atoms with Crippen molar-refractivity contribution in [2.75, 3.05) is 11.1 Å². The molecule has 5 nitrogen and oxygen atoms in total. The third kappa shape index (κ3) is 2.03. The third-order valence-electron chi connectivity index (χ3n) is 2.15. The van der Waals surface area contributed by atoms with Gasteiger partial charge in [-0.05, 0) is 12.1 Å². The van der Waals surface area contributed by atoms with Gasteiger partial charge in [0.25, 0.3) is 5.91 Å². The Kier molecular flexibility index (Phi) is 2.59. The van der Waals surface area contributed by atoms with Crippen molar-refractivity contribution < 1.29 is 4.79 Å². The monoisotopic (exact) mass is 216 g/mol. The number of carbonyl (C=O) groups excluding carboxylic acids is 1. The first-order valence-corrected chi connectivity index (χ1v) is 4.80. The number of rotatable bonds is 2. The van der Waals surface area contributed by atoms with Crippen molar-refractivity contribution in [3.63, 3.8) is 0 Å². The molecule has 0 aliphatic heterocycles. The van der Waals surface area contributed by atoms with E-state index < -0.39 is 0 Å². The maximum absolute atomic E-state index is 11.8. The molecule has 1 aromatic heterocycles. The Hall–Kier alpha value is -2.30. The quantitative estimate of drug-likeness (QED) is 0.742. The van der Waals surface area contributed by atoms with Gasteiger partial charge >= 0.3 is 0 Å². The van der Waals surface area contributed by atoms with Crippen molar-refractivity contribution in [3.8, 4) is 0 Å². The van der Waals surface area contributed by atoms with Crippen molar-refractivity contribution in [1.82, 2.24) is 9.55 Å². The van der Waals surface area contributed by atoms with Crippen LogP contribution in [0.4, 0.5) is 11.5 Å². The molecule has 0 atom stereocenters. The van der Waals surface area contributed by atoms with E-state index in [-0.39, 0.29) is 5.91 Å². The molecule has 1 heterocycles. The fourth-order valence-electron chi connectivity index (χ4n) is 1.36. The average Bonchev–Trinajstić information content (AvgIpc) is 2.64. The number of benzene rings is 1. The van der Waals surface area contributed by atoms with Crippen LogP contribution in [0, 0.1) is 0 Å². The Bertz CT molecular complexity index is 518. The summed E-state index contributed by atoms with van der Waals surface area (Å²) in [4.78, 5) is 15.8. The van der Waals surface area contributed by atoms with Gasteiger partial charge in [-0.3, -0.25) is 4.79 Å². The molecule has 1 aromatic carbocycles. The minimum atomic E-state index is -0.253. The van der Waals surface area contributed by atoms with Crippen LogP contribution in [0.15, 0.2) is 36.8 Å². The van der Waals surface area contributed by atoms with Crippen LogP contribution in [0.2, 0.25) is 0 Å². The highest BCUT2D eigenvalue weighted by Gasteiger charge is 2.09. The molecule has 0 fully saturated rings. The molecule has 0 spiro atoms. The molecule has 0 aliphatic rings. The highest BCUT2D eigenvalue weighted by Crippen LogP contribution is 2.12. The van der Waals surface area contributed by atoms with Gasteiger partial charge < -0.3 is 15.6 Å². The first-order chi connectivity index (χ1) is 7.66. The van der Waals surface area contributed by atoms with E-state index in [0.29, 0.717) is 17.1 Å². The van der Waals surface area contributed by atoms with Crippen LogP contribution in [0.5, 0.6) is 0 Å². The standard InChI is InChI=1S/C11H12N4O/c1-15-6-10(13-7-15)14-11(16)8-4-2-3-5-9(8)12/h2-7H,12H2,1H3,(H,14,16). The van der Waals surface area contributed by atoms with E-state index in [9.17, 15) is 4.79 Å². The zero-order valence-electron chi connectivity index (χ0n) is 8.84. The third-order valence-corrected chi connectivity index (χ3v) is 2.15. The molecule has 0 unspecified atom stereocenters. The van der Waals surface area contributed by atoms with Crippen LogP contribution in [0.25, 0.3) is 0 Å². The number of nitrogens with zero attached hydrogens (tertiary/aromatic N) is 2. The Morgan fingerprint density at radius 2 is 2.19 bits per heavy atom. The Morgan fingerprint density at radius 1 is 1.44 bits per heavy atom. The summed E-state index contributed by atoms with van der Waals surface area (Å²) in [6, 6.07) is 6.91. The average molecular weight is 216 g/mol. The number of amides is 1.